The molecule has 2 aliphatic rings. The smallest absolute Gasteiger partial charge is 0.246 e. The van der Waals surface area contributed by atoms with Crippen molar-refractivity contribution in [3.63, 3.8) is 0 Å². The summed E-state index contributed by atoms with van der Waals surface area (Å²) >= 11 is 0. The lowest BCUT2D eigenvalue weighted by molar-refractivity contribution is -0.477. The molecule has 2 aliphatic heterocycles. The summed E-state index contributed by atoms with van der Waals surface area (Å²) in [5.74, 6) is 1.76. The topological polar surface area (TPSA) is 93.8 Å². The van der Waals surface area contributed by atoms with E-state index in [0.717, 1.165) is 36.2 Å². The molecule has 0 fully saturated rings. The summed E-state index contributed by atoms with van der Waals surface area (Å²) in [6, 6.07) is 2.06. The van der Waals surface area contributed by atoms with Crippen LogP contribution in [0.2, 0.25) is 0 Å². The number of aliphatic imine (C=N–C) groups is 1. The lowest BCUT2D eigenvalue weighted by Crippen LogP contribution is -2.42. The van der Waals surface area contributed by atoms with Gasteiger partial charge in [0.2, 0.25) is 17.4 Å². The number of halogens is 2. The van der Waals surface area contributed by atoms with Gasteiger partial charge in [0.25, 0.3) is 0 Å². The number of likely N-dealkylation sites (N-methyl/N-ethyl adjacent to an activating group) is 1. The second-order valence-corrected chi connectivity index (χ2v) is 11.7. The Bertz CT molecular complexity index is 1780. The molecule has 0 radical (unpaired) electrons. The van der Waals surface area contributed by atoms with Crippen LogP contribution in [-0.2, 0) is 9.53 Å². The van der Waals surface area contributed by atoms with Crippen molar-refractivity contribution in [3.8, 4) is 18.1 Å². The number of methoxy groups -OCH3 is 1. The maximum Gasteiger partial charge on any atom is 0.246 e. The maximum absolute atomic E-state index is 15.7. The first-order valence-corrected chi connectivity index (χ1v) is 18.2. The number of hydrogen-bond acceptors (Lipinski definition) is 7. The summed E-state index contributed by atoms with van der Waals surface area (Å²) < 4.78 is 45.0. The number of nitrogens with zero attached hydrogens (tertiary/aromatic N) is 5. The molecule has 1 aromatic carbocycles. The van der Waals surface area contributed by atoms with E-state index in [1.54, 1.807) is 66.9 Å². The second kappa shape index (κ2) is 24.7. The fourth-order valence-corrected chi connectivity index (χ4v) is 5.03. The number of ether oxygens (including phenoxy) is 2. The zero-order valence-corrected chi connectivity index (χ0v) is 33.0. The molecule has 3 rings (SSSR count). The number of benzene rings is 1. The van der Waals surface area contributed by atoms with Crippen LogP contribution >= 0.6 is 0 Å². The molecule has 0 saturated heterocycles. The van der Waals surface area contributed by atoms with Gasteiger partial charge < -0.3 is 25.0 Å². The molecular formula is C42H56F2N7O3+. The second-order valence-electron chi connectivity index (χ2n) is 11.7. The molecule has 0 saturated carbocycles. The largest absolute Gasteiger partial charge is 0.490 e. The summed E-state index contributed by atoms with van der Waals surface area (Å²) in [6.45, 7) is 14.0. The number of nitrogens with one attached hydrogen (secondary N) is 2. The fourth-order valence-electron chi connectivity index (χ4n) is 5.03. The Balaban J connectivity index is 0.00000239. The monoisotopic (exact) mass is 744 g/mol. The quantitative estimate of drug-likeness (QED) is 0.0364. The van der Waals surface area contributed by atoms with Crippen molar-refractivity contribution in [2.75, 3.05) is 52.2 Å². The van der Waals surface area contributed by atoms with E-state index in [1.807, 2.05) is 66.1 Å². The van der Waals surface area contributed by atoms with Crippen LogP contribution < -0.4 is 15.4 Å². The molecule has 2 N–H and O–H groups in total. The number of amidine groups is 1. The SMILES string of the molecule is C#CCC.C/C=N\N1C=CC(Oc2cc(F)c(NC(=N\C=C\CC)/C(C(/C)=C\C)=C(OC)/C(=C/CC)[N+]3=CCN(C(=O)/C=C/CNC)CC3)cc2F)=CC1. The van der Waals surface area contributed by atoms with E-state index < -0.39 is 11.6 Å². The number of hydrogen-bond donors (Lipinski definition) is 2. The van der Waals surface area contributed by atoms with E-state index in [2.05, 4.69) is 31.2 Å². The van der Waals surface area contributed by atoms with Gasteiger partial charge in [0.05, 0.1) is 38.0 Å². The first-order valence-electron chi connectivity index (χ1n) is 18.2. The molecule has 0 spiro atoms. The fraction of sp³-hybridized carbons (Fsp3) is 0.381. The Kier molecular flexibility index (Phi) is 20.4. The van der Waals surface area contributed by atoms with Crippen molar-refractivity contribution in [2.45, 2.75) is 60.8 Å². The molecule has 12 heteroatoms. The molecule has 0 unspecified atom stereocenters. The Hall–Kier alpha value is -5.54. The summed E-state index contributed by atoms with van der Waals surface area (Å²) in [4.78, 5) is 19.2. The third-order valence-corrected chi connectivity index (χ3v) is 7.87. The van der Waals surface area contributed by atoms with Gasteiger partial charge in [-0.2, -0.15) is 9.68 Å². The van der Waals surface area contributed by atoms with Gasteiger partial charge in [0, 0.05) is 49.8 Å². The van der Waals surface area contributed by atoms with Crippen LogP contribution in [0, 0.1) is 24.0 Å². The molecule has 1 aromatic rings. The molecule has 1 amide bonds. The number of carbonyl (C=O) groups excluding carboxylic acids is 1. The number of anilines is 1. The van der Waals surface area contributed by atoms with E-state index in [1.165, 1.54) is 0 Å². The molecular weight excluding hydrogens is 689 g/mol. The van der Waals surface area contributed by atoms with E-state index in [4.69, 9.17) is 15.9 Å². The van der Waals surface area contributed by atoms with Crippen molar-refractivity contribution in [3.05, 3.63) is 107 Å². The lowest BCUT2D eigenvalue weighted by Gasteiger charge is -2.24. The van der Waals surface area contributed by atoms with Crippen molar-refractivity contribution in [2.24, 2.45) is 10.1 Å². The third-order valence-electron chi connectivity index (χ3n) is 7.87. The number of terminal acetylenes is 1. The van der Waals surface area contributed by atoms with Crippen molar-refractivity contribution in [1.82, 2.24) is 15.2 Å². The van der Waals surface area contributed by atoms with Crippen LogP contribution in [0.5, 0.6) is 5.75 Å². The minimum absolute atomic E-state index is 0.0580. The van der Waals surface area contributed by atoms with Crippen LogP contribution in [0.4, 0.5) is 14.5 Å². The highest BCUT2D eigenvalue weighted by Crippen LogP contribution is 2.30. The van der Waals surface area contributed by atoms with Crippen molar-refractivity contribution in [1.29, 1.82) is 0 Å². The lowest BCUT2D eigenvalue weighted by atomic mass is 10.0. The molecule has 2 heterocycles. The van der Waals surface area contributed by atoms with Crippen LogP contribution in [0.25, 0.3) is 0 Å². The highest BCUT2D eigenvalue weighted by Gasteiger charge is 2.30. The van der Waals surface area contributed by atoms with Gasteiger partial charge in [-0.25, -0.2) is 13.8 Å². The zero-order valence-electron chi connectivity index (χ0n) is 33.0. The zero-order chi connectivity index (χ0) is 39.9. The number of carbonyl (C=O) groups is 1. The van der Waals surface area contributed by atoms with Crippen LogP contribution in [0.3, 0.4) is 0 Å². The number of allylic oxidation sites excluding steroid dienone is 4. The number of amides is 1. The predicted octanol–water partition coefficient (Wildman–Crippen LogP) is 7.69. The molecule has 0 bridgehead atoms. The normalized spacial score (nSPS) is 15.8. The summed E-state index contributed by atoms with van der Waals surface area (Å²) in [6.07, 6.45) is 26.5. The minimum atomic E-state index is -0.754. The van der Waals surface area contributed by atoms with Crippen LogP contribution in [-0.4, -0.2) is 85.5 Å². The Labute approximate surface area is 320 Å². The highest BCUT2D eigenvalue weighted by molar-refractivity contribution is 6.11. The van der Waals surface area contributed by atoms with Crippen molar-refractivity contribution < 1.29 is 27.6 Å². The average Bonchev–Trinajstić information content (AvgIpc) is 3.18. The standard InChI is InChI=1S/C38H50F2N7O3.C4H6/c1-8-12-19-42-38(44-32-26-31(40)34(27-30(32)39)50-29-16-20-47(21-17-29)43-11-4)36(28(5)10-3)37(49-7)33(14-9-2)45-22-24-46(25-23-45)35(48)15-13-18-41-6;1-3-4-2/h10-17,19-20,22,26-27,41H,8-9,18,21,23-25H2,1-7H3,(H,42,44);1H,4H2,2H3/q+1;/b15-13+,19-12+,28-10-,33-14-,37-36-,43-11-;. The Morgan fingerprint density at radius 3 is 2.44 bits per heavy atom. The molecule has 0 aromatic heterocycles. The van der Waals surface area contributed by atoms with E-state index >= 15 is 8.78 Å². The maximum atomic E-state index is 15.7. The predicted molar refractivity (Wildman–Crippen MR) is 217 cm³/mol. The summed E-state index contributed by atoms with van der Waals surface area (Å²) in [5, 5.41) is 11.9. The molecule has 10 nitrogen and oxygen atoms in total. The van der Waals surface area contributed by atoms with Crippen LogP contribution in [0.15, 0.2) is 106 Å². The Morgan fingerprint density at radius 2 is 1.89 bits per heavy atom. The summed E-state index contributed by atoms with van der Waals surface area (Å²) in [5.41, 5.74) is 2.00. The molecule has 54 heavy (non-hydrogen) atoms. The van der Waals surface area contributed by atoms with E-state index in [0.29, 0.717) is 56.2 Å². The van der Waals surface area contributed by atoms with E-state index in [-0.39, 0.29) is 23.2 Å². The Morgan fingerprint density at radius 1 is 1.13 bits per heavy atom. The third kappa shape index (κ3) is 13.8. The highest BCUT2D eigenvalue weighted by atomic mass is 19.1. The van der Waals surface area contributed by atoms with Crippen molar-refractivity contribution >= 4 is 29.9 Å². The van der Waals surface area contributed by atoms with Gasteiger partial charge in [0.15, 0.2) is 30.1 Å². The van der Waals surface area contributed by atoms with Gasteiger partial charge in [-0.3, -0.25) is 9.80 Å². The summed E-state index contributed by atoms with van der Waals surface area (Å²) in [7, 11) is 3.40. The van der Waals surface area contributed by atoms with Gasteiger partial charge in [-0.05, 0) is 64.5 Å². The van der Waals surface area contributed by atoms with Crippen LogP contribution in [0.1, 0.15) is 60.8 Å². The van der Waals surface area contributed by atoms with Gasteiger partial charge in [0.1, 0.15) is 11.6 Å². The van der Waals surface area contributed by atoms with Gasteiger partial charge >= 0.3 is 0 Å². The van der Waals surface area contributed by atoms with Gasteiger partial charge in [-0.15, -0.1) is 12.3 Å². The first-order chi connectivity index (χ1) is 26.1. The molecule has 0 atom stereocenters. The average molecular weight is 745 g/mol. The molecule has 290 valence electrons. The first kappa shape index (κ1) is 44.6. The van der Waals surface area contributed by atoms with E-state index in [9.17, 15) is 4.79 Å². The number of rotatable bonds is 15. The minimum Gasteiger partial charge on any atom is -0.490 e. The van der Waals surface area contributed by atoms with Gasteiger partial charge in [-0.1, -0.05) is 39.0 Å². The molecule has 0 aliphatic carbocycles. The number of hydrazone groups is 1.